The predicted molar refractivity (Wildman–Crippen MR) is 179 cm³/mol. The predicted octanol–water partition coefficient (Wildman–Crippen LogP) is 3.04. The second-order valence-electron chi connectivity index (χ2n) is 14.4. The van der Waals surface area contributed by atoms with Gasteiger partial charge in [-0.05, 0) is 82.7 Å². The summed E-state index contributed by atoms with van der Waals surface area (Å²) in [4.78, 5) is 70.1. The zero-order valence-electron chi connectivity index (χ0n) is 29.3. The van der Waals surface area contributed by atoms with E-state index in [1.165, 1.54) is 24.2 Å². The first kappa shape index (κ1) is 36.9. The fourth-order valence-corrected chi connectivity index (χ4v) is 8.09. The van der Waals surface area contributed by atoms with E-state index in [9.17, 15) is 24.0 Å². The summed E-state index contributed by atoms with van der Waals surface area (Å²) < 4.78 is 5.38. The Balaban J connectivity index is 1.19. The molecular formula is C35H60N6O6. The van der Waals surface area contributed by atoms with E-state index in [-0.39, 0.29) is 79.3 Å². The molecule has 1 aliphatic heterocycles. The van der Waals surface area contributed by atoms with Gasteiger partial charge in [0, 0.05) is 50.7 Å². The van der Waals surface area contributed by atoms with Gasteiger partial charge in [0.15, 0.2) is 0 Å². The second kappa shape index (κ2) is 18.0. The summed E-state index contributed by atoms with van der Waals surface area (Å²) in [5.74, 6) is -0.258. The summed E-state index contributed by atoms with van der Waals surface area (Å²) in [7, 11) is 1.75. The maximum atomic E-state index is 13.7. The zero-order chi connectivity index (χ0) is 33.9. The van der Waals surface area contributed by atoms with Crippen LogP contribution >= 0.6 is 0 Å². The van der Waals surface area contributed by atoms with Gasteiger partial charge in [0.1, 0.15) is 6.61 Å². The summed E-state index contributed by atoms with van der Waals surface area (Å²) in [6, 6.07) is -0.0138. The van der Waals surface area contributed by atoms with Crippen molar-refractivity contribution in [1.82, 2.24) is 30.7 Å². The van der Waals surface area contributed by atoms with Crippen LogP contribution in [0.3, 0.4) is 0 Å². The molecule has 0 aromatic rings. The van der Waals surface area contributed by atoms with Gasteiger partial charge < -0.3 is 35.4 Å². The highest BCUT2D eigenvalue weighted by Crippen LogP contribution is 2.33. The molecule has 0 spiro atoms. The van der Waals surface area contributed by atoms with Crippen molar-refractivity contribution in [2.75, 3.05) is 46.4 Å². The number of rotatable bonds is 13. The van der Waals surface area contributed by atoms with Crippen LogP contribution in [0, 0.1) is 17.8 Å². The maximum absolute atomic E-state index is 13.7. The number of hydrogen-bond acceptors (Lipinski definition) is 7. The van der Waals surface area contributed by atoms with Gasteiger partial charge in [-0.2, -0.15) is 0 Å². The lowest BCUT2D eigenvalue weighted by molar-refractivity contribution is -0.146. The number of nitrogens with zero attached hydrogens (tertiary/aromatic N) is 3. The molecule has 266 valence electrons. The molecule has 3 aliphatic carbocycles. The lowest BCUT2D eigenvalue weighted by Gasteiger charge is -2.39. The Labute approximate surface area is 281 Å². The van der Waals surface area contributed by atoms with E-state index in [2.05, 4.69) is 41.6 Å². The Hall–Kier alpha value is -2.89. The minimum absolute atomic E-state index is 0.00343. The fourth-order valence-electron chi connectivity index (χ4n) is 8.09. The van der Waals surface area contributed by atoms with Crippen molar-refractivity contribution in [2.45, 2.75) is 128 Å². The molecule has 5 atom stereocenters. The largest absolute Gasteiger partial charge is 0.464 e. The molecule has 0 aromatic carbocycles. The number of urea groups is 1. The molecule has 4 aliphatic rings. The summed E-state index contributed by atoms with van der Waals surface area (Å²) in [5, 5.41) is 9.54. The number of likely N-dealkylation sites (N-methyl/N-ethyl adjacent to an activating group) is 2. The fraction of sp³-hybridized carbons (Fsp3) is 0.857. The molecule has 3 saturated carbocycles. The number of hydrogen-bond donors (Lipinski definition) is 3. The van der Waals surface area contributed by atoms with Crippen molar-refractivity contribution in [1.29, 1.82) is 0 Å². The van der Waals surface area contributed by atoms with Crippen LogP contribution in [0.1, 0.15) is 104 Å². The van der Waals surface area contributed by atoms with Crippen LogP contribution in [0.2, 0.25) is 0 Å². The minimum atomic E-state index is -0.423. The average Bonchev–Trinajstić information content (AvgIpc) is 3.14. The van der Waals surface area contributed by atoms with E-state index in [4.69, 9.17) is 4.74 Å². The van der Waals surface area contributed by atoms with Crippen molar-refractivity contribution >= 4 is 29.7 Å². The number of esters is 1. The highest BCUT2D eigenvalue weighted by molar-refractivity contribution is 5.89. The molecule has 12 heteroatoms. The van der Waals surface area contributed by atoms with Crippen molar-refractivity contribution in [3.05, 3.63) is 0 Å². The molecule has 4 rings (SSSR count). The lowest BCUT2D eigenvalue weighted by Crippen LogP contribution is -2.51. The molecule has 0 bridgehead atoms. The van der Waals surface area contributed by atoms with Crippen LogP contribution in [0.25, 0.3) is 0 Å². The van der Waals surface area contributed by atoms with Crippen LogP contribution in [0.4, 0.5) is 4.79 Å². The molecule has 4 fully saturated rings. The Bertz CT molecular complexity index is 1080. The van der Waals surface area contributed by atoms with Crippen LogP contribution in [-0.4, -0.2) is 115 Å². The SMILES string of the molecule is CCN(CC)CCOC(=O)CCN1CC(=O)N(C)C2CCC(NC(=O)CC3CCC(NC(=O)NC4CCCCC4C)CC3)CC2C1=O. The van der Waals surface area contributed by atoms with Gasteiger partial charge in [0.2, 0.25) is 17.7 Å². The van der Waals surface area contributed by atoms with Crippen molar-refractivity contribution in [3.8, 4) is 0 Å². The first-order valence-corrected chi connectivity index (χ1v) is 18.4. The first-order chi connectivity index (χ1) is 22.6. The second-order valence-corrected chi connectivity index (χ2v) is 14.4. The van der Waals surface area contributed by atoms with Gasteiger partial charge in [-0.25, -0.2) is 4.79 Å². The molecule has 0 radical (unpaired) electrons. The summed E-state index contributed by atoms with van der Waals surface area (Å²) in [6.07, 6.45) is 10.5. The molecule has 5 unspecified atom stereocenters. The third-order valence-electron chi connectivity index (χ3n) is 11.3. The zero-order valence-corrected chi connectivity index (χ0v) is 29.3. The molecular weight excluding hydrogens is 600 g/mol. The van der Waals surface area contributed by atoms with E-state index in [1.807, 2.05) is 0 Å². The molecule has 12 nitrogen and oxygen atoms in total. The smallest absolute Gasteiger partial charge is 0.315 e. The number of carbonyl (C=O) groups excluding carboxylic acids is 5. The van der Waals surface area contributed by atoms with Crippen molar-refractivity contribution < 1.29 is 28.7 Å². The van der Waals surface area contributed by atoms with Crippen LogP contribution < -0.4 is 16.0 Å². The van der Waals surface area contributed by atoms with Crippen molar-refractivity contribution in [2.24, 2.45) is 17.8 Å². The normalized spacial score (nSPS) is 29.9. The number of amides is 5. The molecule has 1 heterocycles. The van der Waals surface area contributed by atoms with Crippen LogP contribution in [0.5, 0.6) is 0 Å². The topological polar surface area (TPSA) is 140 Å². The van der Waals surface area contributed by atoms with Gasteiger partial charge in [0.25, 0.3) is 0 Å². The van der Waals surface area contributed by atoms with Crippen LogP contribution in [0.15, 0.2) is 0 Å². The van der Waals surface area contributed by atoms with Gasteiger partial charge in [-0.3, -0.25) is 19.2 Å². The van der Waals surface area contributed by atoms with Crippen LogP contribution in [-0.2, 0) is 23.9 Å². The van der Waals surface area contributed by atoms with Gasteiger partial charge in [-0.15, -0.1) is 0 Å². The molecule has 1 saturated heterocycles. The summed E-state index contributed by atoms with van der Waals surface area (Å²) in [6.45, 7) is 9.16. The minimum Gasteiger partial charge on any atom is -0.464 e. The average molecular weight is 661 g/mol. The Morgan fingerprint density at radius 3 is 2.30 bits per heavy atom. The molecule has 47 heavy (non-hydrogen) atoms. The molecule has 3 N–H and O–H groups in total. The molecule has 5 amide bonds. The summed E-state index contributed by atoms with van der Waals surface area (Å²) in [5.41, 5.74) is 0. The summed E-state index contributed by atoms with van der Waals surface area (Å²) >= 11 is 0. The van der Waals surface area contributed by atoms with Gasteiger partial charge in [0.05, 0.1) is 18.9 Å². The van der Waals surface area contributed by atoms with E-state index in [0.717, 1.165) is 45.2 Å². The third-order valence-corrected chi connectivity index (χ3v) is 11.3. The van der Waals surface area contributed by atoms with Gasteiger partial charge >= 0.3 is 12.0 Å². The first-order valence-electron chi connectivity index (χ1n) is 18.4. The Morgan fingerprint density at radius 2 is 1.60 bits per heavy atom. The van der Waals surface area contributed by atoms with E-state index < -0.39 is 5.92 Å². The number of fused-ring (bicyclic) bond motifs is 1. The number of carbonyl (C=O) groups is 5. The maximum Gasteiger partial charge on any atom is 0.315 e. The monoisotopic (exact) mass is 660 g/mol. The van der Waals surface area contributed by atoms with E-state index in [0.29, 0.717) is 44.8 Å². The van der Waals surface area contributed by atoms with E-state index in [1.54, 1.807) is 11.9 Å². The Kier molecular flexibility index (Phi) is 14.2. The van der Waals surface area contributed by atoms with Crippen molar-refractivity contribution in [3.63, 3.8) is 0 Å². The highest BCUT2D eigenvalue weighted by Gasteiger charge is 2.44. The highest BCUT2D eigenvalue weighted by atomic mass is 16.5. The third kappa shape index (κ3) is 10.8. The van der Waals surface area contributed by atoms with Gasteiger partial charge in [-0.1, -0.05) is 33.6 Å². The van der Waals surface area contributed by atoms with E-state index >= 15 is 0 Å². The number of nitrogens with one attached hydrogen (secondary N) is 3. The Morgan fingerprint density at radius 1 is 0.894 bits per heavy atom. The quantitative estimate of drug-likeness (QED) is 0.258. The standard InChI is InChI=1S/C35H60N6O6/c1-5-40(6-2)19-20-47-33(44)17-18-41-23-32(43)39(4)30-16-15-27(22-28(30)34(41)45)36-31(42)21-25-11-13-26(14-12-25)37-35(46)38-29-10-8-7-9-24(29)3/h24-30H,5-23H2,1-4H3,(H,36,42)(H2,37,38,46). The molecule has 0 aromatic heterocycles. The lowest BCUT2D eigenvalue weighted by atomic mass is 9.79. The number of ether oxygens (including phenoxy) is 1.